The van der Waals surface area contributed by atoms with E-state index in [1.807, 2.05) is 56.3 Å². The zero-order valence-corrected chi connectivity index (χ0v) is 20.5. The number of nitrogens with zero attached hydrogens (tertiary/aromatic N) is 1. The first kappa shape index (κ1) is 25.7. The second kappa shape index (κ2) is 11.9. The first-order valence-corrected chi connectivity index (χ1v) is 11.6. The van der Waals surface area contributed by atoms with E-state index in [0.29, 0.717) is 23.7 Å². The van der Waals surface area contributed by atoms with Crippen molar-refractivity contribution in [1.29, 1.82) is 0 Å². The Morgan fingerprint density at radius 2 is 1.72 bits per heavy atom. The second-order valence-electron chi connectivity index (χ2n) is 8.89. The maximum Gasteiger partial charge on any atom is 0.261 e. The molecule has 0 fully saturated rings. The van der Waals surface area contributed by atoms with Crippen LogP contribution in [0, 0.1) is 0 Å². The third-order valence-corrected chi connectivity index (χ3v) is 5.69. The van der Waals surface area contributed by atoms with E-state index in [9.17, 15) is 9.59 Å². The molecular formula is C26H35ClN2O3. The van der Waals surface area contributed by atoms with E-state index in [4.69, 9.17) is 16.3 Å². The van der Waals surface area contributed by atoms with Gasteiger partial charge in [-0.2, -0.15) is 0 Å². The molecule has 0 aliphatic rings. The number of benzene rings is 2. The van der Waals surface area contributed by atoms with E-state index in [1.165, 1.54) is 5.56 Å². The van der Waals surface area contributed by atoms with E-state index in [0.717, 1.165) is 12.0 Å². The van der Waals surface area contributed by atoms with Gasteiger partial charge in [0.25, 0.3) is 5.91 Å². The number of amides is 2. The fourth-order valence-corrected chi connectivity index (χ4v) is 3.57. The minimum Gasteiger partial charge on any atom is -0.484 e. The molecule has 0 radical (unpaired) electrons. The molecule has 0 aliphatic heterocycles. The van der Waals surface area contributed by atoms with Crippen molar-refractivity contribution in [2.45, 2.75) is 65.5 Å². The lowest BCUT2D eigenvalue weighted by molar-refractivity contribution is -0.143. The molecular weight excluding hydrogens is 424 g/mol. The highest BCUT2D eigenvalue weighted by Crippen LogP contribution is 2.24. The summed E-state index contributed by atoms with van der Waals surface area (Å²) in [6, 6.07) is 14.5. The Labute approximate surface area is 197 Å². The Morgan fingerprint density at radius 3 is 2.28 bits per heavy atom. The highest BCUT2D eigenvalue weighted by Gasteiger charge is 2.29. The van der Waals surface area contributed by atoms with Gasteiger partial charge in [-0.05, 0) is 47.6 Å². The molecule has 2 aromatic rings. The van der Waals surface area contributed by atoms with Crippen LogP contribution in [0.3, 0.4) is 0 Å². The van der Waals surface area contributed by atoms with Gasteiger partial charge in [0.1, 0.15) is 11.8 Å². The molecule has 0 aromatic heterocycles. The van der Waals surface area contributed by atoms with Gasteiger partial charge in [-0.3, -0.25) is 9.59 Å². The van der Waals surface area contributed by atoms with Crippen molar-refractivity contribution in [2.75, 3.05) is 13.2 Å². The molecule has 0 saturated carbocycles. The van der Waals surface area contributed by atoms with Crippen molar-refractivity contribution in [3.05, 3.63) is 64.7 Å². The van der Waals surface area contributed by atoms with Crippen LogP contribution in [-0.4, -0.2) is 35.9 Å². The molecule has 5 nitrogen and oxygen atoms in total. The lowest BCUT2D eigenvalue weighted by Crippen LogP contribution is -2.50. The van der Waals surface area contributed by atoms with Crippen LogP contribution >= 0.6 is 11.6 Å². The van der Waals surface area contributed by atoms with Crippen molar-refractivity contribution in [3.63, 3.8) is 0 Å². The van der Waals surface area contributed by atoms with Crippen molar-refractivity contribution in [2.24, 2.45) is 0 Å². The molecule has 2 amide bonds. The lowest BCUT2D eigenvalue weighted by atomic mass is 9.87. The molecule has 0 unspecified atom stereocenters. The van der Waals surface area contributed by atoms with Crippen LogP contribution in [0.1, 0.15) is 58.6 Å². The number of nitrogens with one attached hydrogen (secondary N) is 1. The summed E-state index contributed by atoms with van der Waals surface area (Å²) in [5, 5.41) is 3.47. The van der Waals surface area contributed by atoms with Crippen LogP contribution < -0.4 is 10.1 Å². The summed E-state index contributed by atoms with van der Waals surface area (Å²) in [4.78, 5) is 27.6. The van der Waals surface area contributed by atoms with E-state index in [1.54, 1.807) is 11.0 Å². The van der Waals surface area contributed by atoms with Gasteiger partial charge < -0.3 is 15.0 Å². The number of carbonyl (C=O) groups excluding carboxylic acids is 2. The Kier molecular flexibility index (Phi) is 9.58. The molecule has 0 aliphatic carbocycles. The Hall–Kier alpha value is -2.53. The van der Waals surface area contributed by atoms with Crippen LogP contribution in [0.5, 0.6) is 5.75 Å². The van der Waals surface area contributed by atoms with E-state index < -0.39 is 6.04 Å². The smallest absolute Gasteiger partial charge is 0.261 e. The summed E-state index contributed by atoms with van der Waals surface area (Å²) in [7, 11) is 0. The summed E-state index contributed by atoms with van der Waals surface area (Å²) >= 11 is 6.34. The zero-order valence-electron chi connectivity index (χ0n) is 19.8. The summed E-state index contributed by atoms with van der Waals surface area (Å²) in [6.45, 7) is 11.0. The number of ether oxygens (including phenoxy) is 1. The minimum atomic E-state index is -0.600. The van der Waals surface area contributed by atoms with Gasteiger partial charge in [-0.15, -0.1) is 0 Å². The third kappa shape index (κ3) is 7.27. The van der Waals surface area contributed by atoms with Crippen molar-refractivity contribution < 1.29 is 14.3 Å². The molecule has 32 heavy (non-hydrogen) atoms. The Balaban J connectivity index is 2.18. The number of hydrogen-bond acceptors (Lipinski definition) is 3. The molecule has 0 spiro atoms. The summed E-state index contributed by atoms with van der Waals surface area (Å²) < 4.78 is 5.78. The first-order valence-electron chi connectivity index (χ1n) is 11.2. The van der Waals surface area contributed by atoms with Crippen LogP contribution in [0.25, 0.3) is 0 Å². The van der Waals surface area contributed by atoms with Crippen LogP contribution in [0.15, 0.2) is 48.5 Å². The molecule has 0 saturated heterocycles. The monoisotopic (exact) mass is 458 g/mol. The Bertz CT molecular complexity index is 891. The van der Waals surface area contributed by atoms with Crippen molar-refractivity contribution >= 4 is 23.4 Å². The predicted octanol–water partition coefficient (Wildman–Crippen LogP) is 5.35. The van der Waals surface area contributed by atoms with E-state index >= 15 is 0 Å². The van der Waals surface area contributed by atoms with Crippen molar-refractivity contribution in [1.82, 2.24) is 10.2 Å². The fourth-order valence-electron chi connectivity index (χ4n) is 3.37. The molecule has 1 atom stereocenters. The first-order chi connectivity index (χ1) is 15.2. The quantitative estimate of drug-likeness (QED) is 0.522. The SMILES string of the molecule is CCCNC(=O)[C@@H](CC)N(Cc1ccccc1Cl)C(=O)COc1ccc(C(C)(C)C)cc1. The third-order valence-electron chi connectivity index (χ3n) is 5.32. The number of hydrogen-bond donors (Lipinski definition) is 1. The number of rotatable bonds is 10. The molecule has 1 N–H and O–H groups in total. The largest absolute Gasteiger partial charge is 0.484 e. The van der Waals surface area contributed by atoms with Gasteiger partial charge in [0, 0.05) is 18.1 Å². The van der Waals surface area contributed by atoms with Gasteiger partial charge in [0.15, 0.2) is 6.61 Å². The standard InChI is InChI=1S/C26H35ClN2O3/c1-6-16-28-25(31)23(7-2)29(17-19-10-8-9-11-22(19)27)24(30)18-32-21-14-12-20(13-15-21)26(3,4)5/h8-15,23H,6-7,16-18H2,1-5H3,(H,28,31)/t23-/m1/s1. The molecule has 174 valence electrons. The summed E-state index contributed by atoms with van der Waals surface area (Å²) in [5.41, 5.74) is 2.02. The van der Waals surface area contributed by atoms with Crippen LogP contribution in [0.4, 0.5) is 0 Å². The number of carbonyl (C=O) groups is 2. The van der Waals surface area contributed by atoms with Crippen molar-refractivity contribution in [3.8, 4) is 5.75 Å². The normalized spacial score (nSPS) is 12.2. The topological polar surface area (TPSA) is 58.6 Å². The average Bonchev–Trinajstić information content (AvgIpc) is 2.76. The molecule has 0 bridgehead atoms. The maximum atomic E-state index is 13.2. The molecule has 6 heteroatoms. The predicted molar refractivity (Wildman–Crippen MR) is 130 cm³/mol. The maximum absolute atomic E-state index is 13.2. The zero-order chi connectivity index (χ0) is 23.7. The van der Waals surface area contributed by atoms with Gasteiger partial charge in [-0.25, -0.2) is 0 Å². The number of halogens is 1. The average molecular weight is 459 g/mol. The Morgan fingerprint density at radius 1 is 1.06 bits per heavy atom. The minimum absolute atomic E-state index is 0.0420. The highest BCUT2D eigenvalue weighted by molar-refractivity contribution is 6.31. The van der Waals surface area contributed by atoms with Gasteiger partial charge in [0.2, 0.25) is 5.91 Å². The second-order valence-corrected chi connectivity index (χ2v) is 9.30. The van der Waals surface area contributed by atoms with Crippen LogP contribution in [-0.2, 0) is 21.5 Å². The summed E-state index contributed by atoms with van der Waals surface area (Å²) in [5.74, 6) is 0.195. The molecule has 2 rings (SSSR count). The van der Waals surface area contributed by atoms with Gasteiger partial charge >= 0.3 is 0 Å². The van der Waals surface area contributed by atoms with Gasteiger partial charge in [0.05, 0.1) is 0 Å². The highest BCUT2D eigenvalue weighted by atomic mass is 35.5. The lowest BCUT2D eigenvalue weighted by Gasteiger charge is -2.31. The van der Waals surface area contributed by atoms with Gasteiger partial charge in [-0.1, -0.05) is 76.6 Å². The fraction of sp³-hybridized carbons (Fsp3) is 0.462. The van der Waals surface area contributed by atoms with E-state index in [2.05, 4.69) is 26.1 Å². The molecule has 0 heterocycles. The van der Waals surface area contributed by atoms with Crippen LogP contribution in [0.2, 0.25) is 5.02 Å². The molecule has 2 aromatic carbocycles. The summed E-state index contributed by atoms with van der Waals surface area (Å²) in [6.07, 6.45) is 1.32. The van der Waals surface area contributed by atoms with E-state index in [-0.39, 0.29) is 30.4 Å².